The molecule has 0 heterocycles. The molecule has 0 spiro atoms. The van der Waals surface area contributed by atoms with Crippen LogP contribution in [0.15, 0.2) is 140 Å². The number of rotatable bonds is 8. The van der Waals surface area contributed by atoms with Crippen LogP contribution in [0.5, 0.6) is 0 Å². The Morgan fingerprint density at radius 2 is 0.657 bits per heavy atom. The van der Waals surface area contributed by atoms with E-state index < -0.39 is 15.8 Å². The van der Waals surface area contributed by atoms with Gasteiger partial charge in [0, 0.05) is 12.3 Å². The van der Waals surface area contributed by atoms with Gasteiger partial charge in [0.25, 0.3) is 0 Å². The lowest BCUT2D eigenvalue weighted by Crippen LogP contribution is -2.15. The molecule has 0 saturated carbocycles. The molecule has 172 valence electrons. The van der Waals surface area contributed by atoms with E-state index in [0.29, 0.717) is 0 Å². The Hall–Kier alpha value is -3.04. The molecule has 0 unspecified atom stereocenters. The Labute approximate surface area is 212 Å². The topological polar surface area (TPSA) is 0 Å². The van der Waals surface area contributed by atoms with Crippen molar-refractivity contribution in [2.45, 2.75) is 19.2 Å². The van der Waals surface area contributed by atoms with Crippen molar-refractivity contribution >= 4 is 37.1 Å². The van der Waals surface area contributed by atoms with Crippen molar-refractivity contribution in [3.63, 3.8) is 0 Å². The van der Waals surface area contributed by atoms with Crippen LogP contribution in [0.25, 0.3) is 0 Å². The fraction of sp³-hybridized carbons (Fsp3) is 0.0909. The van der Waals surface area contributed by atoms with Crippen molar-refractivity contribution < 1.29 is 0 Å². The predicted molar refractivity (Wildman–Crippen MR) is 157 cm³/mol. The van der Waals surface area contributed by atoms with Crippen molar-refractivity contribution in [2.75, 3.05) is 0 Å². The van der Waals surface area contributed by atoms with Gasteiger partial charge >= 0.3 is 0 Å². The Morgan fingerprint density at radius 3 is 0.943 bits per heavy atom. The van der Waals surface area contributed by atoms with E-state index in [1.165, 1.54) is 37.9 Å². The van der Waals surface area contributed by atoms with Gasteiger partial charge in [-0.25, -0.2) is 0 Å². The zero-order valence-corrected chi connectivity index (χ0v) is 21.9. The van der Waals surface area contributed by atoms with E-state index in [2.05, 4.69) is 146 Å². The summed E-state index contributed by atoms with van der Waals surface area (Å²) in [6, 6.07) is 51.1. The van der Waals surface area contributed by atoms with Gasteiger partial charge in [-0.15, -0.1) is 0 Å². The van der Waals surface area contributed by atoms with Gasteiger partial charge in [-0.3, -0.25) is 0 Å². The summed E-state index contributed by atoms with van der Waals surface area (Å²) in [5.74, 6) is 0. The maximum atomic E-state index is 2.34. The molecule has 0 nitrogen and oxygen atoms in total. The summed E-state index contributed by atoms with van der Waals surface area (Å²) in [5.41, 5.74) is 4.39. The molecular weight excluding hydrogens is 458 g/mol. The molecule has 0 fully saturated rings. The normalized spacial score (nSPS) is 11.2. The van der Waals surface area contributed by atoms with E-state index >= 15 is 0 Å². The molecule has 0 atom stereocenters. The molecule has 0 aliphatic heterocycles. The lowest BCUT2D eigenvalue weighted by molar-refractivity contribution is 1.22. The predicted octanol–water partition coefficient (Wildman–Crippen LogP) is 7.26. The molecule has 2 heteroatoms. The van der Waals surface area contributed by atoms with Crippen LogP contribution < -0.4 is 21.2 Å². The first-order chi connectivity index (χ1) is 17.3. The van der Waals surface area contributed by atoms with Gasteiger partial charge in [-0.1, -0.05) is 140 Å². The SMILES string of the molecule is Cc1c(CP(c2ccccc2)c2ccccc2)cccc1CP(c1ccccc1)c1ccccc1. The Balaban J connectivity index is 1.49. The van der Waals surface area contributed by atoms with Crippen LogP contribution in [0, 0.1) is 6.92 Å². The molecule has 0 aliphatic rings. The highest BCUT2D eigenvalue weighted by Crippen LogP contribution is 2.42. The van der Waals surface area contributed by atoms with Gasteiger partial charge < -0.3 is 0 Å². The maximum Gasteiger partial charge on any atom is 0.00102 e. The third-order valence-corrected chi connectivity index (χ3v) is 11.5. The van der Waals surface area contributed by atoms with E-state index in [9.17, 15) is 0 Å². The summed E-state index contributed by atoms with van der Waals surface area (Å²) in [4.78, 5) is 0. The molecule has 0 bridgehead atoms. The quantitative estimate of drug-likeness (QED) is 0.202. The summed E-state index contributed by atoms with van der Waals surface area (Å²) in [7, 11) is -0.917. The molecule has 35 heavy (non-hydrogen) atoms. The molecule has 5 rings (SSSR count). The van der Waals surface area contributed by atoms with Crippen molar-refractivity contribution in [1.29, 1.82) is 0 Å². The second-order valence-corrected chi connectivity index (χ2v) is 13.1. The van der Waals surface area contributed by atoms with Crippen molar-refractivity contribution in [2.24, 2.45) is 0 Å². The Morgan fingerprint density at radius 1 is 0.371 bits per heavy atom. The van der Waals surface area contributed by atoms with Crippen molar-refractivity contribution in [1.82, 2.24) is 0 Å². The first-order valence-electron chi connectivity index (χ1n) is 12.1. The van der Waals surface area contributed by atoms with Crippen LogP contribution in [0.2, 0.25) is 0 Å². The molecular formula is C33H30P2. The van der Waals surface area contributed by atoms with E-state index in [1.54, 1.807) is 0 Å². The number of hydrogen-bond acceptors (Lipinski definition) is 0. The molecule has 0 amide bonds. The second-order valence-electron chi connectivity index (χ2n) is 8.72. The fourth-order valence-corrected chi connectivity index (χ4v) is 9.34. The van der Waals surface area contributed by atoms with Gasteiger partial charge in [0.2, 0.25) is 0 Å². The summed E-state index contributed by atoms with van der Waals surface area (Å²) >= 11 is 0. The molecule has 0 aliphatic carbocycles. The highest BCUT2D eigenvalue weighted by Gasteiger charge is 2.19. The molecule has 5 aromatic rings. The molecule has 0 radical (unpaired) electrons. The van der Waals surface area contributed by atoms with Gasteiger partial charge in [0.1, 0.15) is 0 Å². The summed E-state index contributed by atoms with van der Waals surface area (Å²) in [5, 5.41) is 5.76. The number of hydrogen-bond donors (Lipinski definition) is 0. The minimum atomic E-state index is -0.458. The summed E-state index contributed by atoms with van der Waals surface area (Å²) < 4.78 is 0. The average molecular weight is 489 g/mol. The average Bonchev–Trinajstić information content (AvgIpc) is 2.94. The molecule has 0 saturated heterocycles. The van der Waals surface area contributed by atoms with Crippen LogP contribution in [-0.2, 0) is 12.3 Å². The lowest BCUT2D eigenvalue weighted by atomic mass is 10.1. The fourth-order valence-electron chi connectivity index (χ4n) is 4.51. The van der Waals surface area contributed by atoms with Gasteiger partial charge in [-0.2, -0.15) is 0 Å². The smallest absolute Gasteiger partial charge is 0.00102 e. The van der Waals surface area contributed by atoms with Crippen molar-refractivity contribution in [3.05, 3.63) is 156 Å². The van der Waals surface area contributed by atoms with E-state index in [4.69, 9.17) is 0 Å². The zero-order valence-electron chi connectivity index (χ0n) is 20.1. The van der Waals surface area contributed by atoms with Crippen molar-refractivity contribution in [3.8, 4) is 0 Å². The highest BCUT2D eigenvalue weighted by atomic mass is 31.1. The van der Waals surface area contributed by atoms with Crippen LogP contribution in [0.1, 0.15) is 16.7 Å². The van der Waals surface area contributed by atoms with Gasteiger partial charge in [0.05, 0.1) is 0 Å². The largest absolute Gasteiger partial charge is 0.0622 e. The van der Waals surface area contributed by atoms with Gasteiger partial charge in [-0.05, 0) is 60.7 Å². The van der Waals surface area contributed by atoms with Crippen LogP contribution in [0.4, 0.5) is 0 Å². The minimum Gasteiger partial charge on any atom is -0.0622 e. The summed E-state index contributed by atoms with van der Waals surface area (Å²) in [6.07, 6.45) is 2.13. The van der Waals surface area contributed by atoms with Crippen LogP contribution in [0.3, 0.4) is 0 Å². The first-order valence-corrected chi connectivity index (χ1v) is 15.2. The third kappa shape index (κ3) is 5.79. The zero-order chi connectivity index (χ0) is 23.9. The molecule has 0 N–H and O–H groups in total. The summed E-state index contributed by atoms with van der Waals surface area (Å²) in [6.45, 7) is 2.33. The molecule has 0 aromatic heterocycles. The maximum absolute atomic E-state index is 2.34. The number of benzene rings is 5. The molecule has 5 aromatic carbocycles. The van der Waals surface area contributed by atoms with Crippen LogP contribution in [-0.4, -0.2) is 0 Å². The third-order valence-electron chi connectivity index (χ3n) is 6.49. The van der Waals surface area contributed by atoms with E-state index in [1.807, 2.05) is 0 Å². The standard InChI is InChI=1S/C33H30P2/c1-27-28(25-34(30-17-6-2-7-18-30)31-19-8-3-9-20-31)15-14-16-29(27)26-35(32-21-10-4-11-22-32)33-23-12-5-13-24-33/h2-24H,25-26H2,1H3. The highest BCUT2D eigenvalue weighted by molar-refractivity contribution is 7.72. The Bertz CT molecular complexity index is 1150. The van der Waals surface area contributed by atoms with E-state index in [-0.39, 0.29) is 0 Å². The van der Waals surface area contributed by atoms with E-state index in [0.717, 1.165) is 12.3 Å². The monoisotopic (exact) mass is 488 g/mol. The Kier molecular flexibility index (Phi) is 7.85. The second kappa shape index (κ2) is 11.6. The first kappa shape index (κ1) is 23.7. The van der Waals surface area contributed by atoms with Crippen LogP contribution >= 0.6 is 15.8 Å². The lowest BCUT2D eigenvalue weighted by Gasteiger charge is -2.23. The minimum absolute atomic E-state index is 0.458. The van der Waals surface area contributed by atoms with Gasteiger partial charge in [0.15, 0.2) is 0 Å².